The Hall–Kier alpha value is -0.870. The van der Waals surface area contributed by atoms with Crippen LogP contribution in [-0.2, 0) is 10.0 Å². The Morgan fingerprint density at radius 3 is 2.10 bits per heavy atom. The first-order valence-corrected chi connectivity index (χ1v) is 9.44. The molecule has 3 nitrogen and oxygen atoms in total. The molecule has 0 atom stereocenters. The zero-order chi connectivity index (χ0) is 15.9. The van der Waals surface area contributed by atoms with E-state index in [0.717, 1.165) is 30.4 Å². The predicted molar refractivity (Wildman–Crippen MR) is 89.1 cm³/mol. The van der Waals surface area contributed by atoms with Crippen LogP contribution in [0.4, 0.5) is 0 Å². The Morgan fingerprint density at radius 2 is 1.57 bits per heavy atom. The number of hydrogen-bond acceptors (Lipinski definition) is 2. The highest BCUT2D eigenvalue weighted by Gasteiger charge is 2.27. The van der Waals surface area contributed by atoms with E-state index in [0.29, 0.717) is 18.0 Å². The summed E-state index contributed by atoms with van der Waals surface area (Å²) in [6.45, 7) is 9.47. The standard InChI is InChI=1S/C13H19NO2S.C4H10/c1-11-6-7-12(2)13(10-11)17(15,16)14-8-4-3-5-9-14;1-3-4-2/h6-7,10H,3-5,8-9H2,1-2H3;3-4H2,1-2H3. The summed E-state index contributed by atoms with van der Waals surface area (Å²) >= 11 is 0. The van der Waals surface area contributed by atoms with Gasteiger partial charge in [0.25, 0.3) is 0 Å². The quantitative estimate of drug-likeness (QED) is 0.835. The summed E-state index contributed by atoms with van der Waals surface area (Å²) in [5, 5.41) is 0. The van der Waals surface area contributed by atoms with Gasteiger partial charge in [-0.3, -0.25) is 0 Å². The number of benzene rings is 1. The topological polar surface area (TPSA) is 37.4 Å². The van der Waals surface area contributed by atoms with Crippen LogP contribution in [0, 0.1) is 13.8 Å². The molecule has 0 spiro atoms. The van der Waals surface area contributed by atoms with Gasteiger partial charge in [0.2, 0.25) is 10.0 Å². The zero-order valence-electron chi connectivity index (χ0n) is 13.9. The molecule has 1 aromatic rings. The molecule has 0 unspecified atom stereocenters. The second-order valence-electron chi connectivity index (χ2n) is 5.73. The Labute approximate surface area is 130 Å². The summed E-state index contributed by atoms with van der Waals surface area (Å²) in [5.74, 6) is 0. The van der Waals surface area contributed by atoms with Gasteiger partial charge < -0.3 is 0 Å². The zero-order valence-corrected chi connectivity index (χ0v) is 14.7. The normalized spacial score (nSPS) is 16.2. The van der Waals surface area contributed by atoms with Gasteiger partial charge in [0.1, 0.15) is 0 Å². The summed E-state index contributed by atoms with van der Waals surface area (Å²) in [6, 6.07) is 5.61. The Kier molecular flexibility index (Phi) is 7.40. The van der Waals surface area contributed by atoms with Crippen LogP contribution in [0.3, 0.4) is 0 Å². The smallest absolute Gasteiger partial charge is 0.207 e. The number of hydrogen-bond donors (Lipinski definition) is 0. The van der Waals surface area contributed by atoms with Gasteiger partial charge in [0.05, 0.1) is 4.90 Å². The van der Waals surface area contributed by atoms with Crippen molar-refractivity contribution in [2.24, 2.45) is 0 Å². The fourth-order valence-electron chi connectivity index (χ4n) is 2.23. The maximum Gasteiger partial charge on any atom is 0.243 e. The molecule has 2 rings (SSSR count). The maximum atomic E-state index is 12.5. The highest BCUT2D eigenvalue weighted by Crippen LogP contribution is 2.23. The van der Waals surface area contributed by atoms with Crippen LogP contribution in [0.15, 0.2) is 23.1 Å². The molecule has 0 aromatic heterocycles. The van der Waals surface area contributed by atoms with Crippen molar-refractivity contribution in [1.82, 2.24) is 4.31 Å². The summed E-state index contributed by atoms with van der Waals surface area (Å²) in [6.07, 6.45) is 5.73. The van der Waals surface area contributed by atoms with E-state index in [9.17, 15) is 8.42 Å². The summed E-state index contributed by atoms with van der Waals surface area (Å²) < 4.78 is 26.6. The molecule has 21 heavy (non-hydrogen) atoms. The minimum absolute atomic E-state index is 0.472. The van der Waals surface area contributed by atoms with E-state index in [1.807, 2.05) is 26.0 Å². The summed E-state index contributed by atoms with van der Waals surface area (Å²) in [4.78, 5) is 0.472. The van der Waals surface area contributed by atoms with Crippen molar-refractivity contribution in [1.29, 1.82) is 0 Å². The average molecular weight is 311 g/mol. The van der Waals surface area contributed by atoms with Gasteiger partial charge in [-0.25, -0.2) is 8.42 Å². The number of rotatable bonds is 3. The van der Waals surface area contributed by atoms with Gasteiger partial charge in [-0.15, -0.1) is 0 Å². The van der Waals surface area contributed by atoms with Crippen molar-refractivity contribution in [3.8, 4) is 0 Å². The third-order valence-electron chi connectivity index (χ3n) is 3.78. The molecular weight excluding hydrogens is 282 g/mol. The van der Waals surface area contributed by atoms with Crippen LogP contribution < -0.4 is 0 Å². The minimum Gasteiger partial charge on any atom is -0.207 e. The van der Waals surface area contributed by atoms with E-state index in [4.69, 9.17) is 0 Å². The van der Waals surface area contributed by atoms with E-state index < -0.39 is 10.0 Å². The lowest BCUT2D eigenvalue weighted by atomic mass is 10.2. The number of aryl methyl sites for hydroxylation is 2. The minimum atomic E-state index is -3.28. The number of nitrogens with zero attached hydrogens (tertiary/aromatic N) is 1. The van der Waals surface area contributed by atoms with Crippen LogP contribution in [-0.4, -0.2) is 25.8 Å². The predicted octanol–water partition coefficient (Wildman–Crippen LogP) is 4.28. The molecule has 1 heterocycles. The van der Waals surface area contributed by atoms with Crippen LogP contribution >= 0.6 is 0 Å². The molecule has 1 aliphatic rings. The van der Waals surface area contributed by atoms with E-state index in [1.54, 1.807) is 10.4 Å². The van der Waals surface area contributed by atoms with E-state index in [2.05, 4.69) is 13.8 Å². The molecule has 0 saturated carbocycles. The molecule has 120 valence electrons. The molecule has 0 amide bonds. The van der Waals surface area contributed by atoms with Crippen molar-refractivity contribution in [3.63, 3.8) is 0 Å². The van der Waals surface area contributed by atoms with Crippen molar-refractivity contribution < 1.29 is 8.42 Å². The van der Waals surface area contributed by atoms with Crippen LogP contribution in [0.5, 0.6) is 0 Å². The van der Waals surface area contributed by atoms with Gasteiger partial charge in [-0.1, -0.05) is 45.2 Å². The lowest BCUT2D eigenvalue weighted by Crippen LogP contribution is -2.35. The number of piperidine rings is 1. The van der Waals surface area contributed by atoms with Gasteiger partial charge in [0, 0.05) is 13.1 Å². The molecule has 0 radical (unpaired) electrons. The molecule has 1 aliphatic heterocycles. The van der Waals surface area contributed by atoms with Crippen molar-refractivity contribution in [3.05, 3.63) is 29.3 Å². The summed E-state index contributed by atoms with van der Waals surface area (Å²) in [7, 11) is -3.28. The van der Waals surface area contributed by atoms with Gasteiger partial charge in [0.15, 0.2) is 0 Å². The Balaban J connectivity index is 0.000000491. The highest BCUT2D eigenvalue weighted by molar-refractivity contribution is 7.89. The third kappa shape index (κ3) is 5.11. The molecule has 0 aliphatic carbocycles. The lowest BCUT2D eigenvalue weighted by molar-refractivity contribution is 0.346. The second-order valence-corrected chi connectivity index (χ2v) is 7.64. The maximum absolute atomic E-state index is 12.5. The van der Waals surface area contributed by atoms with Crippen molar-refractivity contribution in [2.45, 2.75) is 64.7 Å². The Bertz CT molecular complexity index is 530. The van der Waals surface area contributed by atoms with E-state index in [-0.39, 0.29) is 0 Å². The van der Waals surface area contributed by atoms with Crippen LogP contribution in [0.25, 0.3) is 0 Å². The van der Waals surface area contributed by atoms with Gasteiger partial charge >= 0.3 is 0 Å². The van der Waals surface area contributed by atoms with Crippen LogP contribution in [0.2, 0.25) is 0 Å². The largest absolute Gasteiger partial charge is 0.243 e. The fraction of sp³-hybridized carbons (Fsp3) is 0.647. The van der Waals surface area contributed by atoms with Gasteiger partial charge in [-0.2, -0.15) is 4.31 Å². The average Bonchev–Trinajstić information content (AvgIpc) is 2.50. The molecule has 1 aromatic carbocycles. The molecule has 1 saturated heterocycles. The van der Waals surface area contributed by atoms with E-state index >= 15 is 0 Å². The molecule has 0 bridgehead atoms. The first-order valence-electron chi connectivity index (χ1n) is 8.00. The number of unbranched alkanes of at least 4 members (excludes halogenated alkanes) is 1. The fourth-order valence-corrected chi connectivity index (χ4v) is 4.06. The lowest BCUT2D eigenvalue weighted by Gasteiger charge is -2.26. The first-order chi connectivity index (χ1) is 9.93. The Morgan fingerprint density at radius 1 is 1.00 bits per heavy atom. The van der Waals surface area contributed by atoms with E-state index in [1.165, 1.54) is 12.8 Å². The third-order valence-corrected chi connectivity index (χ3v) is 5.82. The molecule has 1 fully saturated rings. The molecule has 4 heteroatoms. The molecular formula is C17H29NO2S. The van der Waals surface area contributed by atoms with Gasteiger partial charge in [-0.05, 0) is 43.9 Å². The first kappa shape index (κ1) is 18.2. The van der Waals surface area contributed by atoms with Crippen LogP contribution in [0.1, 0.15) is 57.1 Å². The summed E-state index contributed by atoms with van der Waals surface area (Å²) in [5.41, 5.74) is 1.83. The SMILES string of the molecule is CCCC.Cc1ccc(C)c(S(=O)(=O)N2CCCCC2)c1. The van der Waals surface area contributed by atoms with Crippen molar-refractivity contribution >= 4 is 10.0 Å². The second kappa shape index (κ2) is 8.54. The number of sulfonamides is 1. The highest BCUT2D eigenvalue weighted by atomic mass is 32.2. The monoisotopic (exact) mass is 311 g/mol. The molecule has 0 N–H and O–H groups in total. The van der Waals surface area contributed by atoms with Crippen molar-refractivity contribution in [2.75, 3.05) is 13.1 Å².